The number of halogens is 1. The largest absolute Gasteiger partial charge is 0.327 e. The van der Waals surface area contributed by atoms with Crippen molar-refractivity contribution in [3.05, 3.63) is 33.4 Å². The van der Waals surface area contributed by atoms with Crippen molar-refractivity contribution in [1.82, 2.24) is 0 Å². The fraction of sp³-hybridized carbons (Fsp3) is 0.455. The van der Waals surface area contributed by atoms with Crippen molar-refractivity contribution in [3.8, 4) is 0 Å². The highest BCUT2D eigenvalue weighted by Gasteiger charge is 2.15. The second-order valence-corrected chi connectivity index (χ2v) is 7.20. The van der Waals surface area contributed by atoms with Gasteiger partial charge in [-0.3, -0.25) is 0 Å². The molecule has 0 radical (unpaired) electrons. The van der Waals surface area contributed by atoms with Gasteiger partial charge in [0.1, 0.15) is 0 Å². The van der Waals surface area contributed by atoms with Crippen molar-refractivity contribution in [2.45, 2.75) is 25.1 Å². The average Bonchev–Trinajstić information content (AvgIpc) is 2.20. The standard InChI is InChI=1S/C11H16INO2S/c1-2-11(13)8-16(14,15)7-9-3-5-10(12)6-4-9/h3-6,11H,2,7-8,13H2,1H3. The van der Waals surface area contributed by atoms with E-state index >= 15 is 0 Å². The summed E-state index contributed by atoms with van der Waals surface area (Å²) in [5.41, 5.74) is 6.48. The van der Waals surface area contributed by atoms with Crippen LogP contribution in [0.25, 0.3) is 0 Å². The normalized spacial score (nSPS) is 13.7. The summed E-state index contributed by atoms with van der Waals surface area (Å²) in [7, 11) is -3.09. The first-order chi connectivity index (χ1) is 7.43. The number of hydrogen-bond donors (Lipinski definition) is 1. The van der Waals surface area contributed by atoms with Crippen LogP contribution >= 0.6 is 22.6 Å². The summed E-state index contributed by atoms with van der Waals surface area (Å²) < 4.78 is 24.6. The average molecular weight is 353 g/mol. The maximum Gasteiger partial charge on any atom is 0.155 e. The molecule has 0 spiro atoms. The third-order valence-electron chi connectivity index (χ3n) is 2.29. The van der Waals surface area contributed by atoms with Crippen molar-refractivity contribution >= 4 is 32.4 Å². The van der Waals surface area contributed by atoms with E-state index in [1.165, 1.54) is 0 Å². The fourth-order valence-electron chi connectivity index (χ4n) is 1.34. The van der Waals surface area contributed by atoms with E-state index in [1.54, 1.807) is 0 Å². The zero-order valence-corrected chi connectivity index (χ0v) is 12.2. The van der Waals surface area contributed by atoms with E-state index in [9.17, 15) is 8.42 Å². The number of nitrogens with two attached hydrogens (primary N) is 1. The van der Waals surface area contributed by atoms with Gasteiger partial charge in [-0.1, -0.05) is 19.1 Å². The van der Waals surface area contributed by atoms with Crippen LogP contribution in [0.2, 0.25) is 0 Å². The van der Waals surface area contributed by atoms with Crippen molar-refractivity contribution in [3.63, 3.8) is 0 Å². The molecule has 1 aromatic rings. The van der Waals surface area contributed by atoms with Crippen LogP contribution in [0.4, 0.5) is 0 Å². The molecule has 0 fully saturated rings. The Hall–Kier alpha value is -0.140. The molecule has 0 bridgehead atoms. The van der Waals surface area contributed by atoms with Crippen molar-refractivity contribution in [2.24, 2.45) is 5.73 Å². The van der Waals surface area contributed by atoms with E-state index in [2.05, 4.69) is 22.6 Å². The highest BCUT2D eigenvalue weighted by molar-refractivity contribution is 14.1. The zero-order valence-electron chi connectivity index (χ0n) is 9.19. The second-order valence-electron chi connectivity index (χ2n) is 3.85. The van der Waals surface area contributed by atoms with Gasteiger partial charge in [0.2, 0.25) is 0 Å². The summed E-state index contributed by atoms with van der Waals surface area (Å²) in [4.78, 5) is 0. The van der Waals surface area contributed by atoms with Gasteiger partial charge in [0.15, 0.2) is 9.84 Å². The van der Waals surface area contributed by atoms with Gasteiger partial charge in [-0.15, -0.1) is 0 Å². The van der Waals surface area contributed by atoms with E-state index in [4.69, 9.17) is 5.73 Å². The van der Waals surface area contributed by atoms with Crippen molar-refractivity contribution in [2.75, 3.05) is 5.75 Å². The Labute approximate surface area is 110 Å². The SMILES string of the molecule is CCC(N)CS(=O)(=O)Cc1ccc(I)cc1. The van der Waals surface area contributed by atoms with Gasteiger partial charge in [-0.05, 0) is 46.7 Å². The van der Waals surface area contributed by atoms with Gasteiger partial charge in [0.25, 0.3) is 0 Å². The Balaban J connectivity index is 2.69. The van der Waals surface area contributed by atoms with Gasteiger partial charge in [0, 0.05) is 9.61 Å². The minimum Gasteiger partial charge on any atom is -0.327 e. The molecule has 2 N–H and O–H groups in total. The molecular formula is C11H16INO2S. The Morgan fingerprint density at radius 3 is 2.38 bits per heavy atom. The first kappa shape index (κ1) is 13.9. The molecule has 0 aromatic heterocycles. The second kappa shape index (κ2) is 5.97. The molecule has 0 heterocycles. The third-order valence-corrected chi connectivity index (χ3v) is 4.72. The summed E-state index contributed by atoms with van der Waals surface area (Å²) in [6.45, 7) is 1.89. The number of rotatable bonds is 5. The lowest BCUT2D eigenvalue weighted by molar-refractivity contribution is 0.583. The molecule has 1 atom stereocenters. The predicted octanol–water partition coefficient (Wildman–Crippen LogP) is 1.94. The minimum atomic E-state index is -3.09. The highest BCUT2D eigenvalue weighted by atomic mass is 127. The summed E-state index contributed by atoms with van der Waals surface area (Å²) in [5.74, 6) is 0.146. The summed E-state index contributed by atoms with van der Waals surface area (Å²) >= 11 is 2.19. The van der Waals surface area contributed by atoms with Crippen LogP contribution in [0.5, 0.6) is 0 Å². The van der Waals surface area contributed by atoms with Crippen LogP contribution in [0, 0.1) is 3.57 Å². The molecule has 5 heteroatoms. The van der Waals surface area contributed by atoms with E-state index < -0.39 is 9.84 Å². The summed E-state index contributed by atoms with van der Waals surface area (Å²) in [5, 5.41) is 0. The van der Waals surface area contributed by atoms with E-state index in [0.717, 1.165) is 9.13 Å². The molecule has 0 saturated carbocycles. The molecule has 0 aliphatic carbocycles. The van der Waals surface area contributed by atoms with E-state index in [0.29, 0.717) is 6.42 Å². The van der Waals surface area contributed by atoms with Gasteiger partial charge in [-0.2, -0.15) is 0 Å². The van der Waals surface area contributed by atoms with Crippen molar-refractivity contribution < 1.29 is 8.42 Å². The molecule has 0 aliphatic heterocycles. The number of benzene rings is 1. The van der Waals surface area contributed by atoms with Crippen LogP contribution in [-0.4, -0.2) is 20.2 Å². The number of sulfone groups is 1. The smallest absolute Gasteiger partial charge is 0.155 e. The van der Waals surface area contributed by atoms with Crippen molar-refractivity contribution in [1.29, 1.82) is 0 Å². The number of hydrogen-bond acceptors (Lipinski definition) is 3. The third kappa shape index (κ3) is 4.80. The fourth-order valence-corrected chi connectivity index (χ4v) is 3.40. The van der Waals surface area contributed by atoms with Gasteiger partial charge in [0.05, 0.1) is 11.5 Å². The zero-order chi connectivity index (χ0) is 12.2. The molecule has 90 valence electrons. The lowest BCUT2D eigenvalue weighted by Crippen LogP contribution is -2.29. The van der Waals surface area contributed by atoms with Crippen LogP contribution in [0.1, 0.15) is 18.9 Å². The first-order valence-electron chi connectivity index (χ1n) is 5.13. The topological polar surface area (TPSA) is 60.2 Å². The molecule has 16 heavy (non-hydrogen) atoms. The first-order valence-corrected chi connectivity index (χ1v) is 8.03. The van der Waals surface area contributed by atoms with E-state index in [-0.39, 0.29) is 17.5 Å². The predicted molar refractivity (Wildman–Crippen MR) is 74.9 cm³/mol. The summed E-state index contributed by atoms with van der Waals surface area (Å²) in [6.07, 6.45) is 0.686. The van der Waals surface area contributed by atoms with Gasteiger partial charge < -0.3 is 5.73 Å². The Bertz CT molecular complexity index is 428. The van der Waals surface area contributed by atoms with Crippen LogP contribution in [0.3, 0.4) is 0 Å². The molecule has 1 aromatic carbocycles. The molecule has 0 amide bonds. The molecule has 0 aliphatic rings. The molecular weight excluding hydrogens is 337 g/mol. The quantitative estimate of drug-likeness (QED) is 0.823. The highest BCUT2D eigenvalue weighted by Crippen LogP contribution is 2.11. The Kier molecular flexibility index (Phi) is 5.20. The molecule has 1 unspecified atom stereocenters. The van der Waals surface area contributed by atoms with E-state index in [1.807, 2.05) is 31.2 Å². The Morgan fingerprint density at radius 2 is 1.88 bits per heavy atom. The maximum atomic E-state index is 11.8. The minimum absolute atomic E-state index is 0.0650. The summed E-state index contributed by atoms with van der Waals surface area (Å²) in [6, 6.07) is 7.25. The molecule has 1 rings (SSSR count). The van der Waals surface area contributed by atoms with Crippen LogP contribution < -0.4 is 5.73 Å². The Morgan fingerprint density at radius 1 is 1.31 bits per heavy atom. The van der Waals surface area contributed by atoms with Crippen LogP contribution in [0.15, 0.2) is 24.3 Å². The lowest BCUT2D eigenvalue weighted by atomic mass is 10.2. The monoisotopic (exact) mass is 353 g/mol. The van der Waals surface area contributed by atoms with Gasteiger partial charge >= 0.3 is 0 Å². The molecule has 0 saturated heterocycles. The lowest BCUT2D eigenvalue weighted by Gasteiger charge is -2.09. The maximum absolute atomic E-state index is 11.8. The van der Waals surface area contributed by atoms with Gasteiger partial charge in [-0.25, -0.2) is 8.42 Å². The molecule has 3 nitrogen and oxygen atoms in total. The van der Waals surface area contributed by atoms with Crippen LogP contribution in [-0.2, 0) is 15.6 Å².